The average molecular weight is 569 g/mol. The minimum Gasteiger partial charge on any atom is -0.507 e. The number of halogens is 3. The van der Waals surface area contributed by atoms with Crippen molar-refractivity contribution in [3.8, 4) is 16.9 Å². The molecule has 0 bridgehead atoms. The zero-order chi connectivity index (χ0) is 28.3. The van der Waals surface area contributed by atoms with Crippen molar-refractivity contribution in [3.05, 3.63) is 53.6 Å². The van der Waals surface area contributed by atoms with Crippen LogP contribution in [0.25, 0.3) is 22.0 Å². The number of anilines is 2. The summed E-state index contributed by atoms with van der Waals surface area (Å²) < 4.78 is 31.2. The molecule has 0 saturated carbocycles. The first kappa shape index (κ1) is 26.7. The van der Waals surface area contributed by atoms with Gasteiger partial charge in [0.15, 0.2) is 5.82 Å². The second-order valence-corrected chi connectivity index (χ2v) is 11.7. The molecule has 3 aromatic rings. The Morgan fingerprint density at radius 2 is 1.93 bits per heavy atom. The Labute approximate surface area is 236 Å². The van der Waals surface area contributed by atoms with Crippen LogP contribution in [0.3, 0.4) is 0 Å². The number of fused-ring (bicyclic) bond motifs is 1. The number of hydrogen-bond acceptors (Lipinski definition) is 7. The molecule has 4 heterocycles. The number of aromatic nitrogens is 2. The highest BCUT2D eigenvalue weighted by atomic mass is 35.5. The Hall–Kier alpha value is -3.50. The lowest BCUT2D eigenvalue weighted by molar-refractivity contribution is -0.128. The van der Waals surface area contributed by atoms with E-state index in [0.29, 0.717) is 36.8 Å². The lowest BCUT2D eigenvalue weighted by Gasteiger charge is -2.48. The maximum absolute atomic E-state index is 16.4. The van der Waals surface area contributed by atoms with Crippen molar-refractivity contribution in [2.24, 2.45) is 5.41 Å². The predicted molar refractivity (Wildman–Crippen MR) is 152 cm³/mol. The number of benzene rings is 2. The number of nitrogens with zero attached hydrogens (tertiary/aromatic N) is 6. The monoisotopic (exact) mass is 568 g/mol. The summed E-state index contributed by atoms with van der Waals surface area (Å²) in [5.41, 5.74) is -0.381. The second kappa shape index (κ2) is 9.85. The molecule has 0 radical (unpaired) electrons. The summed E-state index contributed by atoms with van der Waals surface area (Å²) in [5.74, 6) is -1.27. The van der Waals surface area contributed by atoms with E-state index in [2.05, 4.69) is 28.4 Å². The highest BCUT2D eigenvalue weighted by Gasteiger charge is 2.48. The number of amides is 1. The molecule has 1 aromatic heterocycles. The summed E-state index contributed by atoms with van der Waals surface area (Å²) in [6.45, 7) is 10.5. The van der Waals surface area contributed by atoms with Crippen LogP contribution in [-0.4, -0.2) is 89.7 Å². The molecule has 3 fully saturated rings. The minimum absolute atomic E-state index is 0.00351. The molecule has 0 aliphatic carbocycles. The second-order valence-electron chi connectivity index (χ2n) is 11.3. The van der Waals surface area contributed by atoms with Crippen LogP contribution in [0.1, 0.15) is 13.3 Å². The number of rotatable bonds is 4. The third-order valence-corrected chi connectivity index (χ3v) is 8.74. The Morgan fingerprint density at radius 3 is 2.58 bits per heavy atom. The van der Waals surface area contributed by atoms with Gasteiger partial charge in [0, 0.05) is 61.7 Å². The van der Waals surface area contributed by atoms with Gasteiger partial charge in [0.25, 0.3) is 0 Å². The fraction of sp³-hybridized carbons (Fsp3) is 0.414. The fourth-order valence-corrected chi connectivity index (χ4v) is 6.74. The molecule has 1 spiro atoms. The molecule has 1 amide bonds. The van der Waals surface area contributed by atoms with E-state index >= 15 is 4.39 Å². The number of hydrogen-bond donors (Lipinski definition) is 1. The third-order valence-electron chi connectivity index (χ3n) is 8.44. The molecule has 1 N–H and O–H groups in total. The summed E-state index contributed by atoms with van der Waals surface area (Å²) in [6.07, 6.45) is 2.39. The quantitative estimate of drug-likeness (QED) is 0.470. The summed E-state index contributed by atoms with van der Waals surface area (Å²) >= 11 is 6.58. The number of phenolic OH excluding ortho intramolecular Hbond substituents is 1. The molecular weight excluding hydrogens is 538 g/mol. The molecule has 40 heavy (non-hydrogen) atoms. The predicted octanol–water partition coefficient (Wildman–Crippen LogP) is 4.30. The van der Waals surface area contributed by atoms with Crippen LogP contribution in [-0.2, 0) is 4.79 Å². The summed E-state index contributed by atoms with van der Waals surface area (Å²) in [5, 5.41) is 10.7. The Bertz CT molecular complexity index is 1510. The molecular formula is C29H31ClF2N6O2. The van der Waals surface area contributed by atoms with E-state index in [0.717, 1.165) is 38.7 Å². The van der Waals surface area contributed by atoms with Gasteiger partial charge in [-0.15, -0.1) is 0 Å². The maximum atomic E-state index is 16.4. The normalized spacial score (nSPS) is 20.8. The first-order chi connectivity index (χ1) is 19.1. The first-order valence-electron chi connectivity index (χ1n) is 13.4. The Kier molecular flexibility index (Phi) is 6.58. The summed E-state index contributed by atoms with van der Waals surface area (Å²) in [7, 11) is 2.11. The van der Waals surface area contributed by atoms with Crippen LogP contribution in [0, 0.1) is 17.0 Å². The third kappa shape index (κ3) is 4.34. The zero-order valence-electron chi connectivity index (χ0n) is 22.5. The topological polar surface area (TPSA) is 76.0 Å². The minimum atomic E-state index is -0.822. The summed E-state index contributed by atoms with van der Waals surface area (Å²) in [6, 6.07) is 5.19. The Morgan fingerprint density at radius 1 is 1.15 bits per heavy atom. The maximum Gasteiger partial charge on any atom is 0.246 e. The van der Waals surface area contributed by atoms with Gasteiger partial charge in [0.1, 0.15) is 22.9 Å². The molecule has 1 unspecified atom stereocenters. The molecule has 6 rings (SSSR count). The average Bonchev–Trinajstić information content (AvgIpc) is 3.30. The number of phenols is 1. The zero-order valence-corrected chi connectivity index (χ0v) is 23.3. The summed E-state index contributed by atoms with van der Waals surface area (Å²) in [4.78, 5) is 30.0. The molecule has 3 saturated heterocycles. The van der Waals surface area contributed by atoms with Gasteiger partial charge in [-0.2, -0.15) is 4.98 Å². The van der Waals surface area contributed by atoms with Gasteiger partial charge >= 0.3 is 0 Å². The van der Waals surface area contributed by atoms with Crippen molar-refractivity contribution in [1.82, 2.24) is 19.8 Å². The van der Waals surface area contributed by atoms with Gasteiger partial charge in [0.2, 0.25) is 11.9 Å². The van der Waals surface area contributed by atoms with E-state index in [1.807, 2.05) is 11.8 Å². The lowest BCUT2D eigenvalue weighted by Crippen LogP contribution is -2.58. The van der Waals surface area contributed by atoms with Crippen LogP contribution in [0.15, 0.2) is 36.9 Å². The van der Waals surface area contributed by atoms with Crippen molar-refractivity contribution in [2.45, 2.75) is 19.4 Å². The SMILES string of the molecule is C=CC(=O)N1CCN(c2nc(N3CC4(CCN(C)C4)C3)nc3c(F)c(-c4c(O)cccc4F)c(Cl)cc23)CC1C. The highest BCUT2D eigenvalue weighted by molar-refractivity contribution is 6.34. The highest BCUT2D eigenvalue weighted by Crippen LogP contribution is 2.45. The number of likely N-dealkylation sites (tertiary alicyclic amines) is 1. The molecule has 3 aliphatic heterocycles. The van der Waals surface area contributed by atoms with Gasteiger partial charge in [-0.1, -0.05) is 24.2 Å². The van der Waals surface area contributed by atoms with Crippen LogP contribution in [0.5, 0.6) is 5.75 Å². The van der Waals surface area contributed by atoms with Crippen LogP contribution >= 0.6 is 11.6 Å². The van der Waals surface area contributed by atoms with Gasteiger partial charge in [0.05, 0.1) is 10.6 Å². The molecule has 2 aromatic carbocycles. The van der Waals surface area contributed by atoms with E-state index in [1.165, 1.54) is 24.3 Å². The molecule has 210 valence electrons. The number of carbonyl (C=O) groups excluding carboxylic acids is 1. The smallest absolute Gasteiger partial charge is 0.246 e. The standard InChI is InChI=1S/C29H31ClF2N6O2/c1-4-22(40)38-11-10-36(13-17(38)2)27-18-12-19(30)23(24-20(31)6-5-7-21(24)39)25(32)26(18)33-28(34-27)37-15-29(16-37)8-9-35(3)14-29/h4-7,12,17,39H,1,8-11,13-16H2,2-3H3. The van der Waals surface area contributed by atoms with Crippen molar-refractivity contribution in [1.29, 1.82) is 0 Å². The number of carbonyl (C=O) groups is 1. The number of aromatic hydroxyl groups is 1. The van der Waals surface area contributed by atoms with E-state index in [4.69, 9.17) is 16.6 Å². The first-order valence-corrected chi connectivity index (χ1v) is 13.8. The van der Waals surface area contributed by atoms with Gasteiger partial charge in [-0.3, -0.25) is 4.79 Å². The Balaban J connectivity index is 1.47. The van der Waals surface area contributed by atoms with E-state index in [-0.39, 0.29) is 39.0 Å². The van der Waals surface area contributed by atoms with Crippen molar-refractivity contribution in [2.75, 3.05) is 62.7 Å². The van der Waals surface area contributed by atoms with E-state index in [9.17, 15) is 14.3 Å². The van der Waals surface area contributed by atoms with Gasteiger partial charge in [-0.05, 0) is 51.2 Å². The largest absolute Gasteiger partial charge is 0.507 e. The van der Waals surface area contributed by atoms with Crippen molar-refractivity contribution in [3.63, 3.8) is 0 Å². The van der Waals surface area contributed by atoms with Gasteiger partial charge in [-0.25, -0.2) is 13.8 Å². The van der Waals surface area contributed by atoms with Crippen molar-refractivity contribution < 1.29 is 18.7 Å². The van der Waals surface area contributed by atoms with E-state index in [1.54, 1.807) is 4.90 Å². The van der Waals surface area contributed by atoms with Crippen LogP contribution in [0.4, 0.5) is 20.5 Å². The van der Waals surface area contributed by atoms with Gasteiger partial charge < -0.3 is 24.7 Å². The van der Waals surface area contributed by atoms with Crippen molar-refractivity contribution >= 4 is 40.2 Å². The van der Waals surface area contributed by atoms with Crippen LogP contribution < -0.4 is 9.80 Å². The molecule has 11 heteroatoms. The van der Waals surface area contributed by atoms with E-state index < -0.39 is 17.4 Å². The fourth-order valence-electron chi connectivity index (χ4n) is 6.46. The molecule has 1 atom stereocenters. The molecule has 8 nitrogen and oxygen atoms in total. The number of piperazine rings is 1. The van der Waals surface area contributed by atoms with Crippen LogP contribution in [0.2, 0.25) is 5.02 Å². The lowest BCUT2D eigenvalue weighted by atomic mass is 9.79. The molecule has 3 aliphatic rings.